The minimum Gasteiger partial charge on any atom is -0.542 e. The molecule has 5 nitrogen and oxygen atoms in total. The van der Waals surface area contributed by atoms with Crippen molar-refractivity contribution in [1.82, 2.24) is 0 Å². The number of hydrogen-bond donors (Lipinski definition) is 2. The second kappa shape index (κ2) is 38.6. The second-order valence-electron chi connectivity index (χ2n) is 12.0. The van der Waals surface area contributed by atoms with Crippen molar-refractivity contribution in [3.05, 3.63) is 0 Å². The monoisotopic (exact) mass is 612 g/mol. The van der Waals surface area contributed by atoms with E-state index in [-0.39, 0.29) is 35.5 Å². The Morgan fingerprint density at radius 1 is 0.439 bits per heavy atom. The molecule has 0 rings (SSSR count). The molecule has 0 aliphatic rings. The summed E-state index contributed by atoms with van der Waals surface area (Å²) >= 11 is 0. The standard InChI is InChI=1S/C34H67O.Na.H2O4S/c1-3-5-7-9-11-13-15-17-19-21-23-25-27-29-31-34(33-35)32-30-28-26-24-22-20-18-16-14-12-10-8-6-4-2;;1-5(2,3)4/h34H,3-32H2,1-2H3;;(H2,1,2,3,4)/q-1;+1;. The van der Waals surface area contributed by atoms with Crippen LogP contribution in [0.3, 0.4) is 0 Å². The molecule has 0 aromatic heterocycles. The molecule has 0 atom stereocenters. The van der Waals surface area contributed by atoms with E-state index in [1.807, 2.05) is 0 Å². The molecule has 7 heteroatoms. The fraction of sp³-hybridized carbons (Fsp3) is 0.971. The summed E-state index contributed by atoms with van der Waals surface area (Å²) in [6, 6.07) is 0. The normalized spacial score (nSPS) is 11.2. The Kier molecular flexibility index (Phi) is 43.2. The Balaban J connectivity index is -0.00000220. The predicted octanol–water partition coefficient (Wildman–Crippen LogP) is 8.81. The van der Waals surface area contributed by atoms with Crippen LogP contribution in [0.15, 0.2) is 0 Å². The molecule has 0 aromatic carbocycles. The van der Waals surface area contributed by atoms with Crippen molar-refractivity contribution in [3.8, 4) is 0 Å². The van der Waals surface area contributed by atoms with E-state index >= 15 is 0 Å². The number of hydrogen-bond acceptors (Lipinski definition) is 3. The van der Waals surface area contributed by atoms with E-state index in [0.29, 0.717) is 0 Å². The van der Waals surface area contributed by atoms with E-state index in [9.17, 15) is 4.79 Å². The molecule has 41 heavy (non-hydrogen) atoms. The van der Waals surface area contributed by atoms with Crippen LogP contribution < -0.4 is 29.6 Å². The minimum absolute atomic E-state index is 0. The Morgan fingerprint density at radius 3 is 0.780 bits per heavy atom. The van der Waals surface area contributed by atoms with Gasteiger partial charge in [0.25, 0.3) is 0 Å². The van der Waals surface area contributed by atoms with E-state index in [2.05, 4.69) is 20.1 Å². The molecule has 0 aliphatic carbocycles. The van der Waals surface area contributed by atoms with Gasteiger partial charge in [0.15, 0.2) is 0 Å². The molecule has 2 N–H and O–H groups in total. The number of rotatable bonds is 31. The van der Waals surface area contributed by atoms with Gasteiger partial charge < -0.3 is 4.79 Å². The SMILES string of the molecule is CCCCCCCCCCCCCCCCC([C-]=O)CCCCCCCCCCCCCCCC.O=S(=O)(O)O.[Na+]. The van der Waals surface area contributed by atoms with Crippen molar-refractivity contribution in [2.24, 2.45) is 5.92 Å². The van der Waals surface area contributed by atoms with Crippen LogP contribution in [0.5, 0.6) is 0 Å². The van der Waals surface area contributed by atoms with Gasteiger partial charge >= 0.3 is 40.0 Å². The molecule has 0 amide bonds. The van der Waals surface area contributed by atoms with Gasteiger partial charge in [0.2, 0.25) is 0 Å². The summed E-state index contributed by atoms with van der Waals surface area (Å²) in [5, 5.41) is 0. The van der Waals surface area contributed by atoms with Crippen LogP contribution in [0.25, 0.3) is 0 Å². The van der Waals surface area contributed by atoms with Crippen LogP contribution in [0.4, 0.5) is 0 Å². The molecule has 0 heterocycles. The molecule has 0 saturated carbocycles. The second-order valence-corrected chi connectivity index (χ2v) is 12.9. The summed E-state index contributed by atoms with van der Waals surface area (Å²) in [5.74, 6) is 0.213. The first-order valence-electron chi connectivity index (χ1n) is 17.4. The molecule has 0 saturated heterocycles. The average Bonchev–Trinajstić information content (AvgIpc) is 2.91. The molecule has 0 radical (unpaired) electrons. The van der Waals surface area contributed by atoms with Crippen molar-refractivity contribution in [2.45, 2.75) is 206 Å². The van der Waals surface area contributed by atoms with Crippen molar-refractivity contribution in [1.29, 1.82) is 0 Å². The van der Waals surface area contributed by atoms with Crippen molar-refractivity contribution in [3.63, 3.8) is 0 Å². The zero-order valence-electron chi connectivity index (χ0n) is 27.8. The number of unbranched alkanes of at least 4 members (excludes halogenated alkanes) is 26. The number of carbonyl (C=O) groups excluding carboxylic acids is 1. The van der Waals surface area contributed by atoms with Crippen LogP contribution in [0.1, 0.15) is 206 Å². The van der Waals surface area contributed by atoms with Gasteiger partial charge in [-0.05, 0) is 0 Å². The topological polar surface area (TPSA) is 91.7 Å². The molecule has 0 unspecified atom stereocenters. The van der Waals surface area contributed by atoms with Crippen molar-refractivity contribution in [2.75, 3.05) is 0 Å². The molecule has 0 fully saturated rings. The largest absolute Gasteiger partial charge is 1.00 e. The van der Waals surface area contributed by atoms with Crippen LogP contribution >= 0.6 is 0 Å². The molecule has 242 valence electrons. The van der Waals surface area contributed by atoms with Gasteiger partial charge in [-0.2, -0.15) is 8.42 Å². The molecule has 0 aromatic rings. The first-order chi connectivity index (χ1) is 19.3. The maximum atomic E-state index is 11.3. The van der Waals surface area contributed by atoms with E-state index in [1.165, 1.54) is 180 Å². The summed E-state index contributed by atoms with van der Waals surface area (Å²) < 4.78 is 31.6. The van der Waals surface area contributed by atoms with Gasteiger partial charge in [-0.3, -0.25) is 15.4 Å². The predicted molar refractivity (Wildman–Crippen MR) is 173 cm³/mol. The van der Waals surface area contributed by atoms with Crippen LogP contribution in [0.2, 0.25) is 0 Å². The Morgan fingerprint density at radius 2 is 0.610 bits per heavy atom. The summed E-state index contributed by atoms with van der Waals surface area (Å²) in [4.78, 5) is 11.3. The van der Waals surface area contributed by atoms with Crippen LogP contribution in [0, 0.1) is 5.92 Å². The van der Waals surface area contributed by atoms with Gasteiger partial charge in [-0.25, -0.2) is 0 Å². The molecule has 0 spiro atoms. The van der Waals surface area contributed by atoms with Gasteiger partial charge in [-0.1, -0.05) is 206 Å². The summed E-state index contributed by atoms with van der Waals surface area (Å²) in [6.07, 6.45) is 43.7. The maximum absolute atomic E-state index is 11.3. The molecule has 0 bridgehead atoms. The first-order valence-corrected chi connectivity index (χ1v) is 18.8. The van der Waals surface area contributed by atoms with Gasteiger partial charge in [-0.15, -0.1) is 5.92 Å². The van der Waals surface area contributed by atoms with Crippen molar-refractivity contribution < 1.29 is 51.9 Å². The average molecular weight is 613 g/mol. The molecule has 0 aliphatic heterocycles. The van der Waals surface area contributed by atoms with Crippen LogP contribution in [-0.4, -0.2) is 23.8 Å². The molecular formula is C34H69NaO5S. The Labute approximate surface area is 279 Å². The van der Waals surface area contributed by atoms with E-state index in [4.69, 9.17) is 17.5 Å². The first kappa shape index (κ1) is 46.0. The Bertz CT molecular complexity index is 546. The van der Waals surface area contributed by atoms with E-state index in [1.54, 1.807) is 0 Å². The third-order valence-corrected chi connectivity index (χ3v) is 7.98. The van der Waals surface area contributed by atoms with Gasteiger partial charge in [0, 0.05) is 0 Å². The third-order valence-electron chi connectivity index (χ3n) is 7.98. The summed E-state index contributed by atoms with van der Waals surface area (Å²) in [5.41, 5.74) is 0. The van der Waals surface area contributed by atoms with Crippen molar-refractivity contribution >= 4 is 16.7 Å². The Hall–Kier alpha value is 0.540. The summed E-state index contributed by atoms with van der Waals surface area (Å²) in [6.45, 7) is 4.58. The van der Waals surface area contributed by atoms with E-state index in [0.717, 1.165) is 12.8 Å². The maximum Gasteiger partial charge on any atom is 1.00 e. The fourth-order valence-corrected chi connectivity index (χ4v) is 5.43. The zero-order chi connectivity index (χ0) is 30.0. The minimum atomic E-state index is -4.67. The third kappa shape index (κ3) is 50.5. The van der Waals surface area contributed by atoms with Crippen LogP contribution in [-0.2, 0) is 15.2 Å². The van der Waals surface area contributed by atoms with Gasteiger partial charge in [0.1, 0.15) is 0 Å². The summed E-state index contributed by atoms with van der Waals surface area (Å²) in [7, 11) is -4.67. The zero-order valence-corrected chi connectivity index (χ0v) is 30.6. The fourth-order valence-electron chi connectivity index (χ4n) is 5.43. The van der Waals surface area contributed by atoms with Gasteiger partial charge in [0.05, 0.1) is 0 Å². The molecular weight excluding hydrogens is 543 g/mol. The smallest absolute Gasteiger partial charge is 0.542 e. The quantitative estimate of drug-likeness (QED) is 0.0353. The van der Waals surface area contributed by atoms with E-state index < -0.39 is 10.4 Å².